The molecule has 1 atom stereocenters. The number of anilines is 2. The molecule has 6 heteroatoms. The summed E-state index contributed by atoms with van der Waals surface area (Å²) in [5.74, 6) is 1.07. The van der Waals surface area contributed by atoms with E-state index in [2.05, 4.69) is 33.4 Å². The van der Waals surface area contributed by atoms with Crippen molar-refractivity contribution < 1.29 is 4.79 Å². The minimum absolute atomic E-state index is 0.233. The standard InChI is InChI=1S/C18H19N5O/c1-13-5-4-10-23(12-13)17-9-8-16(21-22-17)18(24)20-15-7-3-2-6-14(15)11-19/h2-3,6-9,13H,4-5,10,12H2,1H3,(H,20,24). The predicted octanol–water partition coefficient (Wildman–Crippen LogP) is 2.84. The van der Waals surface area contributed by atoms with Gasteiger partial charge < -0.3 is 10.2 Å². The van der Waals surface area contributed by atoms with E-state index in [0.717, 1.165) is 25.3 Å². The Balaban J connectivity index is 1.71. The van der Waals surface area contributed by atoms with Crippen LogP contribution in [0.1, 0.15) is 35.8 Å². The number of hydrogen-bond acceptors (Lipinski definition) is 5. The van der Waals surface area contributed by atoms with Crippen LogP contribution in [0.3, 0.4) is 0 Å². The largest absolute Gasteiger partial charge is 0.355 e. The lowest BCUT2D eigenvalue weighted by atomic mass is 10.0. The molecule has 122 valence electrons. The minimum Gasteiger partial charge on any atom is -0.355 e. The van der Waals surface area contributed by atoms with Gasteiger partial charge in [-0.3, -0.25) is 4.79 Å². The fraction of sp³-hybridized carbons (Fsp3) is 0.333. The molecule has 1 N–H and O–H groups in total. The SMILES string of the molecule is CC1CCCN(c2ccc(C(=O)Nc3ccccc3C#N)nn2)C1. The minimum atomic E-state index is -0.372. The number of nitrogens with zero attached hydrogens (tertiary/aromatic N) is 4. The highest BCUT2D eigenvalue weighted by atomic mass is 16.1. The Bertz CT molecular complexity index is 766. The van der Waals surface area contributed by atoms with Gasteiger partial charge in [-0.25, -0.2) is 0 Å². The summed E-state index contributed by atoms with van der Waals surface area (Å²) in [5.41, 5.74) is 1.12. The van der Waals surface area contributed by atoms with Gasteiger partial charge in [0.2, 0.25) is 0 Å². The molecule has 24 heavy (non-hydrogen) atoms. The Morgan fingerprint density at radius 3 is 2.83 bits per heavy atom. The van der Waals surface area contributed by atoms with Gasteiger partial charge in [-0.05, 0) is 43.0 Å². The summed E-state index contributed by atoms with van der Waals surface area (Å²) in [6.07, 6.45) is 2.39. The molecule has 1 aromatic carbocycles. The van der Waals surface area contributed by atoms with E-state index >= 15 is 0 Å². The van der Waals surface area contributed by atoms with E-state index in [0.29, 0.717) is 17.2 Å². The first-order chi connectivity index (χ1) is 11.7. The van der Waals surface area contributed by atoms with Crippen molar-refractivity contribution in [2.45, 2.75) is 19.8 Å². The Labute approximate surface area is 141 Å². The van der Waals surface area contributed by atoms with Crippen molar-refractivity contribution in [3.63, 3.8) is 0 Å². The number of aromatic nitrogens is 2. The highest BCUT2D eigenvalue weighted by Crippen LogP contribution is 2.21. The average Bonchev–Trinajstić information content (AvgIpc) is 2.62. The molecule has 1 aromatic heterocycles. The van der Waals surface area contributed by atoms with E-state index in [1.54, 1.807) is 30.3 Å². The van der Waals surface area contributed by atoms with Crippen LogP contribution < -0.4 is 10.2 Å². The molecule has 1 unspecified atom stereocenters. The van der Waals surface area contributed by atoms with Crippen molar-refractivity contribution in [1.29, 1.82) is 5.26 Å². The van der Waals surface area contributed by atoms with Gasteiger partial charge in [-0.15, -0.1) is 10.2 Å². The second-order valence-corrected chi connectivity index (χ2v) is 6.08. The molecule has 0 bridgehead atoms. The van der Waals surface area contributed by atoms with E-state index in [9.17, 15) is 4.79 Å². The van der Waals surface area contributed by atoms with Crippen LogP contribution >= 0.6 is 0 Å². The van der Waals surface area contributed by atoms with Gasteiger partial charge >= 0.3 is 0 Å². The van der Waals surface area contributed by atoms with E-state index < -0.39 is 0 Å². The summed E-state index contributed by atoms with van der Waals surface area (Å²) in [6, 6.07) is 12.4. The molecule has 1 aliphatic heterocycles. The molecule has 0 radical (unpaired) electrons. The summed E-state index contributed by atoms with van der Waals surface area (Å²) >= 11 is 0. The fourth-order valence-electron chi connectivity index (χ4n) is 2.89. The monoisotopic (exact) mass is 321 g/mol. The summed E-state index contributed by atoms with van der Waals surface area (Å²) in [6.45, 7) is 4.17. The molecule has 0 saturated carbocycles. The lowest BCUT2D eigenvalue weighted by Gasteiger charge is -2.31. The van der Waals surface area contributed by atoms with Crippen LogP contribution in [0.2, 0.25) is 0 Å². The summed E-state index contributed by atoms with van der Waals surface area (Å²) in [7, 11) is 0. The Hall–Kier alpha value is -2.94. The van der Waals surface area contributed by atoms with Crippen LogP contribution in [0.5, 0.6) is 0 Å². The second-order valence-electron chi connectivity index (χ2n) is 6.08. The Morgan fingerprint density at radius 1 is 1.29 bits per heavy atom. The molecule has 6 nitrogen and oxygen atoms in total. The zero-order valence-electron chi connectivity index (χ0n) is 13.6. The van der Waals surface area contributed by atoms with Gasteiger partial charge in [0.15, 0.2) is 11.5 Å². The molecule has 0 spiro atoms. The quantitative estimate of drug-likeness (QED) is 0.940. The number of carbonyl (C=O) groups excluding carboxylic acids is 1. The van der Waals surface area contributed by atoms with Gasteiger partial charge in [0.05, 0.1) is 11.3 Å². The molecule has 1 fully saturated rings. The maximum absolute atomic E-state index is 12.3. The molecule has 1 aliphatic rings. The van der Waals surface area contributed by atoms with Crippen LogP contribution in [0.15, 0.2) is 36.4 Å². The summed E-state index contributed by atoms with van der Waals surface area (Å²) < 4.78 is 0. The van der Waals surface area contributed by atoms with Crippen molar-refractivity contribution in [1.82, 2.24) is 10.2 Å². The van der Waals surface area contributed by atoms with Gasteiger partial charge in [0.25, 0.3) is 5.91 Å². The van der Waals surface area contributed by atoms with Gasteiger partial charge in [-0.1, -0.05) is 19.1 Å². The third-order valence-electron chi connectivity index (χ3n) is 4.16. The molecule has 1 saturated heterocycles. The number of carbonyl (C=O) groups is 1. The number of rotatable bonds is 3. The molecule has 3 rings (SSSR count). The van der Waals surface area contributed by atoms with Crippen LogP contribution in [0.25, 0.3) is 0 Å². The third-order valence-corrected chi connectivity index (χ3v) is 4.16. The van der Waals surface area contributed by atoms with Crippen molar-refractivity contribution in [2.75, 3.05) is 23.3 Å². The number of para-hydroxylation sites is 1. The first-order valence-corrected chi connectivity index (χ1v) is 8.06. The number of nitriles is 1. The topological polar surface area (TPSA) is 81.9 Å². The molecule has 2 aromatic rings. The number of hydrogen-bond donors (Lipinski definition) is 1. The highest BCUT2D eigenvalue weighted by Gasteiger charge is 2.18. The number of benzene rings is 1. The zero-order chi connectivity index (χ0) is 16.9. The van der Waals surface area contributed by atoms with Crippen LogP contribution in [0, 0.1) is 17.2 Å². The Kier molecular flexibility index (Phi) is 4.71. The number of piperidine rings is 1. The van der Waals surface area contributed by atoms with E-state index in [4.69, 9.17) is 5.26 Å². The smallest absolute Gasteiger partial charge is 0.276 e. The van der Waals surface area contributed by atoms with Gasteiger partial charge in [0.1, 0.15) is 6.07 Å². The first-order valence-electron chi connectivity index (χ1n) is 8.06. The van der Waals surface area contributed by atoms with Crippen molar-refractivity contribution >= 4 is 17.4 Å². The number of nitrogens with one attached hydrogen (secondary N) is 1. The lowest BCUT2D eigenvalue weighted by Crippen LogP contribution is -2.35. The normalized spacial score (nSPS) is 17.2. The molecule has 0 aliphatic carbocycles. The van der Waals surface area contributed by atoms with Gasteiger partial charge in [-0.2, -0.15) is 5.26 Å². The second kappa shape index (κ2) is 7.09. The first kappa shape index (κ1) is 15.9. The molecular weight excluding hydrogens is 302 g/mol. The molecular formula is C18H19N5O. The Morgan fingerprint density at radius 2 is 2.12 bits per heavy atom. The maximum atomic E-state index is 12.3. The van der Waals surface area contributed by atoms with Crippen LogP contribution in [-0.2, 0) is 0 Å². The third kappa shape index (κ3) is 3.51. The maximum Gasteiger partial charge on any atom is 0.276 e. The van der Waals surface area contributed by atoms with E-state index in [-0.39, 0.29) is 11.6 Å². The van der Waals surface area contributed by atoms with Crippen molar-refractivity contribution in [3.05, 3.63) is 47.7 Å². The predicted molar refractivity (Wildman–Crippen MR) is 91.8 cm³/mol. The molecule has 1 amide bonds. The lowest BCUT2D eigenvalue weighted by molar-refractivity contribution is 0.102. The average molecular weight is 321 g/mol. The van der Waals surface area contributed by atoms with Gasteiger partial charge in [0, 0.05) is 13.1 Å². The van der Waals surface area contributed by atoms with E-state index in [1.807, 2.05) is 6.07 Å². The number of amides is 1. The summed E-state index contributed by atoms with van der Waals surface area (Å²) in [4.78, 5) is 14.5. The highest BCUT2D eigenvalue weighted by molar-refractivity contribution is 6.03. The van der Waals surface area contributed by atoms with Crippen molar-refractivity contribution in [3.8, 4) is 6.07 Å². The van der Waals surface area contributed by atoms with Crippen LogP contribution in [0.4, 0.5) is 11.5 Å². The summed E-state index contributed by atoms with van der Waals surface area (Å²) in [5, 5.41) is 20.0. The van der Waals surface area contributed by atoms with E-state index in [1.165, 1.54) is 6.42 Å². The zero-order valence-corrected chi connectivity index (χ0v) is 13.6. The fourth-order valence-corrected chi connectivity index (χ4v) is 2.89. The molecule has 2 heterocycles. The van der Waals surface area contributed by atoms with Crippen LogP contribution in [-0.4, -0.2) is 29.2 Å². The van der Waals surface area contributed by atoms with Crippen molar-refractivity contribution in [2.24, 2.45) is 5.92 Å².